The molecule has 2 saturated carbocycles. The van der Waals surface area contributed by atoms with Crippen molar-refractivity contribution < 1.29 is 10.2 Å². The van der Waals surface area contributed by atoms with Gasteiger partial charge in [-0.15, -0.1) is 0 Å². The van der Waals surface area contributed by atoms with Gasteiger partial charge in [0, 0.05) is 19.1 Å². The molecule has 1 atom stereocenters. The van der Waals surface area contributed by atoms with Crippen LogP contribution >= 0.6 is 0 Å². The summed E-state index contributed by atoms with van der Waals surface area (Å²) < 4.78 is 0. The molecule has 0 bridgehead atoms. The maximum Gasteiger partial charge on any atom is 0.0690 e. The van der Waals surface area contributed by atoms with E-state index >= 15 is 0 Å². The van der Waals surface area contributed by atoms with Gasteiger partial charge in [-0.25, -0.2) is 0 Å². The van der Waals surface area contributed by atoms with Crippen molar-refractivity contribution >= 4 is 0 Å². The number of hydrogen-bond acceptors (Lipinski definition) is 3. The summed E-state index contributed by atoms with van der Waals surface area (Å²) in [6, 6.07) is 0. The fraction of sp³-hybridized carbons (Fsp3) is 1.00. The maximum absolute atomic E-state index is 11.2. The third kappa shape index (κ3) is 3.96. The Bertz CT molecular complexity index is 279. The largest absolute Gasteiger partial charge is 0.396 e. The molecule has 0 radical (unpaired) electrons. The molecule has 0 spiro atoms. The molecular weight excluding hydrogens is 250 g/mol. The Morgan fingerprint density at radius 1 is 1.05 bits per heavy atom. The number of aliphatic hydroxyl groups excluding tert-OH is 1. The molecule has 1 unspecified atom stereocenters. The van der Waals surface area contributed by atoms with Gasteiger partial charge in [0.25, 0.3) is 0 Å². The molecule has 0 aromatic rings. The Hall–Kier alpha value is -0.120. The second kappa shape index (κ2) is 7.24. The minimum absolute atomic E-state index is 0.343. The highest BCUT2D eigenvalue weighted by Crippen LogP contribution is 2.43. The predicted molar refractivity (Wildman–Crippen MR) is 82.6 cm³/mol. The Labute approximate surface area is 124 Å². The van der Waals surface area contributed by atoms with Crippen LogP contribution in [0.3, 0.4) is 0 Å². The zero-order valence-electron chi connectivity index (χ0n) is 13.4. The van der Waals surface area contributed by atoms with E-state index < -0.39 is 5.60 Å². The van der Waals surface area contributed by atoms with Crippen molar-refractivity contribution in [3.63, 3.8) is 0 Å². The van der Waals surface area contributed by atoms with E-state index in [1.54, 1.807) is 0 Å². The van der Waals surface area contributed by atoms with Crippen molar-refractivity contribution in [3.05, 3.63) is 0 Å². The predicted octanol–water partition coefficient (Wildman–Crippen LogP) is 2.66. The molecule has 0 saturated heterocycles. The van der Waals surface area contributed by atoms with Crippen LogP contribution in [0, 0.1) is 17.8 Å². The first kappa shape index (κ1) is 16.3. The Kier molecular flexibility index (Phi) is 5.88. The fourth-order valence-electron chi connectivity index (χ4n) is 4.46. The highest BCUT2D eigenvalue weighted by Gasteiger charge is 2.42. The molecule has 3 heteroatoms. The molecule has 0 aliphatic heterocycles. The summed E-state index contributed by atoms with van der Waals surface area (Å²) in [6.07, 6.45) is 10.3. The van der Waals surface area contributed by atoms with Gasteiger partial charge >= 0.3 is 0 Å². The van der Waals surface area contributed by atoms with Crippen LogP contribution in [0.4, 0.5) is 0 Å². The summed E-state index contributed by atoms with van der Waals surface area (Å²) in [5, 5.41) is 20.5. The van der Waals surface area contributed by atoms with E-state index in [4.69, 9.17) is 0 Å². The summed E-state index contributed by atoms with van der Waals surface area (Å²) >= 11 is 0. The van der Waals surface area contributed by atoms with Crippen LogP contribution in [-0.4, -0.2) is 48.0 Å². The number of hydrogen-bond donors (Lipinski definition) is 2. The smallest absolute Gasteiger partial charge is 0.0690 e. The molecule has 2 aliphatic carbocycles. The molecule has 2 N–H and O–H groups in total. The van der Waals surface area contributed by atoms with E-state index in [1.165, 1.54) is 32.1 Å². The standard InChI is InChI=1S/C17H33NO2/c1-18(2)12-16(17(20)10-4-3-5-11-17)15-8-6-14(13-19)7-9-15/h14-16,19-20H,3-13H2,1-2H3. The van der Waals surface area contributed by atoms with Gasteiger partial charge in [-0.1, -0.05) is 19.3 Å². The lowest BCUT2D eigenvalue weighted by Crippen LogP contribution is -2.48. The molecule has 3 nitrogen and oxygen atoms in total. The van der Waals surface area contributed by atoms with Crippen molar-refractivity contribution in [1.82, 2.24) is 4.90 Å². The monoisotopic (exact) mass is 283 g/mol. The molecular formula is C17H33NO2. The second-order valence-electron chi connectivity index (χ2n) is 7.50. The first-order valence-electron chi connectivity index (χ1n) is 8.53. The number of rotatable bonds is 5. The van der Waals surface area contributed by atoms with Crippen molar-refractivity contribution in [2.24, 2.45) is 17.8 Å². The minimum atomic E-state index is -0.431. The Balaban J connectivity index is 2.03. The highest BCUT2D eigenvalue weighted by atomic mass is 16.3. The van der Waals surface area contributed by atoms with E-state index in [-0.39, 0.29) is 0 Å². The Morgan fingerprint density at radius 2 is 1.65 bits per heavy atom. The lowest BCUT2D eigenvalue weighted by molar-refractivity contribution is -0.0851. The average molecular weight is 283 g/mol. The quantitative estimate of drug-likeness (QED) is 0.815. The first-order valence-corrected chi connectivity index (χ1v) is 8.53. The summed E-state index contributed by atoms with van der Waals surface area (Å²) in [5.41, 5.74) is -0.431. The van der Waals surface area contributed by atoms with Gasteiger partial charge in [-0.2, -0.15) is 0 Å². The van der Waals surface area contributed by atoms with E-state index in [0.29, 0.717) is 24.4 Å². The first-order chi connectivity index (χ1) is 9.55. The summed E-state index contributed by atoms with van der Waals surface area (Å²) in [6.45, 7) is 1.35. The molecule has 2 rings (SSSR count). The lowest BCUT2D eigenvalue weighted by Gasteiger charge is -2.46. The van der Waals surface area contributed by atoms with Crippen LogP contribution < -0.4 is 0 Å². The zero-order chi connectivity index (χ0) is 14.6. The van der Waals surface area contributed by atoms with Crippen molar-refractivity contribution in [2.45, 2.75) is 63.4 Å². The van der Waals surface area contributed by atoms with Gasteiger partial charge in [-0.3, -0.25) is 0 Å². The van der Waals surface area contributed by atoms with Crippen LogP contribution in [0.25, 0.3) is 0 Å². The molecule has 0 heterocycles. The van der Waals surface area contributed by atoms with Gasteiger partial charge in [0.05, 0.1) is 5.60 Å². The summed E-state index contributed by atoms with van der Waals surface area (Å²) in [5.74, 6) is 1.56. The van der Waals surface area contributed by atoms with Crippen LogP contribution in [0.5, 0.6) is 0 Å². The van der Waals surface area contributed by atoms with E-state index in [0.717, 1.165) is 32.2 Å². The van der Waals surface area contributed by atoms with Gasteiger partial charge in [0.1, 0.15) is 0 Å². The van der Waals surface area contributed by atoms with Gasteiger partial charge in [0.15, 0.2) is 0 Å². The lowest BCUT2D eigenvalue weighted by atomic mass is 9.65. The van der Waals surface area contributed by atoms with Crippen molar-refractivity contribution in [2.75, 3.05) is 27.2 Å². The second-order valence-corrected chi connectivity index (χ2v) is 7.50. The molecule has 2 fully saturated rings. The van der Waals surface area contributed by atoms with Gasteiger partial charge in [-0.05, 0) is 64.5 Å². The Morgan fingerprint density at radius 3 is 2.15 bits per heavy atom. The summed E-state index contributed by atoms with van der Waals surface area (Å²) in [7, 11) is 4.25. The van der Waals surface area contributed by atoms with E-state index in [9.17, 15) is 10.2 Å². The average Bonchev–Trinajstić information content (AvgIpc) is 2.45. The third-order valence-electron chi connectivity index (χ3n) is 5.69. The van der Waals surface area contributed by atoms with Crippen LogP contribution in [0.15, 0.2) is 0 Å². The van der Waals surface area contributed by atoms with Crippen LogP contribution in [0.1, 0.15) is 57.8 Å². The van der Waals surface area contributed by atoms with E-state index in [1.807, 2.05) is 0 Å². The molecule has 0 amide bonds. The van der Waals surface area contributed by atoms with Gasteiger partial charge < -0.3 is 15.1 Å². The number of aliphatic hydroxyl groups is 2. The van der Waals surface area contributed by atoms with E-state index in [2.05, 4.69) is 19.0 Å². The van der Waals surface area contributed by atoms with Crippen molar-refractivity contribution in [3.8, 4) is 0 Å². The molecule has 20 heavy (non-hydrogen) atoms. The third-order valence-corrected chi connectivity index (χ3v) is 5.69. The zero-order valence-corrected chi connectivity index (χ0v) is 13.4. The topological polar surface area (TPSA) is 43.7 Å². The molecule has 0 aromatic carbocycles. The maximum atomic E-state index is 11.2. The molecule has 2 aliphatic rings. The molecule has 118 valence electrons. The SMILES string of the molecule is CN(C)CC(C1CCC(CO)CC1)C1(O)CCCCC1. The molecule has 0 aromatic heterocycles. The summed E-state index contributed by atoms with van der Waals surface area (Å²) in [4.78, 5) is 2.25. The van der Waals surface area contributed by atoms with Crippen LogP contribution in [0.2, 0.25) is 0 Å². The van der Waals surface area contributed by atoms with Gasteiger partial charge in [0.2, 0.25) is 0 Å². The highest BCUT2D eigenvalue weighted by molar-refractivity contribution is 4.94. The van der Waals surface area contributed by atoms with Crippen molar-refractivity contribution in [1.29, 1.82) is 0 Å². The number of nitrogens with zero attached hydrogens (tertiary/aromatic N) is 1. The minimum Gasteiger partial charge on any atom is -0.396 e. The fourth-order valence-corrected chi connectivity index (χ4v) is 4.46. The normalized spacial score (nSPS) is 32.2. The van der Waals surface area contributed by atoms with Crippen LogP contribution in [-0.2, 0) is 0 Å².